The second-order valence-electron chi connectivity index (χ2n) is 5.19. The summed E-state index contributed by atoms with van der Waals surface area (Å²) in [5.74, 6) is 0.107. The first kappa shape index (κ1) is 12.6. The van der Waals surface area contributed by atoms with E-state index in [0.29, 0.717) is 5.92 Å². The van der Waals surface area contributed by atoms with Gasteiger partial charge in [-0.15, -0.1) is 11.3 Å². The van der Waals surface area contributed by atoms with Gasteiger partial charge < -0.3 is 5.11 Å². The van der Waals surface area contributed by atoms with Crippen LogP contribution in [-0.2, 0) is 11.2 Å². The highest BCUT2D eigenvalue weighted by Crippen LogP contribution is 2.36. The monoisotopic (exact) mass is 253 g/mol. The van der Waals surface area contributed by atoms with E-state index in [2.05, 4.69) is 17.3 Å². The molecule has 1 aromatic heterocycles. The normalized spacial score (nSPS) is 29.2. The van der Waals surface area contributed by atoms with Gasteiger partial charge in [-0.25, -0.2) is 4.98 Å². The number of rotatable bonds is 3. The minimum atomic E-state index is -0.631. The van der Waals surface area contributed by atoms with Gasteiger partial charge in [0, 0.05) is 5.38 Å². The van der Waals surface area contributed by atoms with Crippen molar-refractivity contribution in [3.8, 4) is 0 Å². The van der Waals surface area contributed by atoms with Gasteiger partial charge in [0.1, 0.15) is 0 Å². The summed E-state index contributed by atoms with van der Waals surface area (Å²) < 4.78 is 0. The van der Waals surface area contributed by atoms with E-state index in [9.17, 15) is 9.90 Å². The zero-order valence-electron chi connectivity index (χ0n) is 10.3. The van der Waals surface area contributed by atoms with Crippen LogP contribution in [0.2, 0.25) is 0 Å². The van der Waals surface area contributed by atoms with E-state index in [1.165, 1.54) is 0 Å². The van der Waals surface area contributed by atoms with Crippen LogP contribution in [0.1, 0.15) is 36.9 Å². The highest BCUT2D eigenvalue weighted by atomic mass is 32.1. The van der Waals surface area contributed by atoms with Crippen molar-refractivity contribution in [3.05, 3.63) is 16.1 Å². The molecule has 1 heterocycles. The number of aliphatic carboxylic acids is 1. The molecule has 3 atom stereocenters. The van der Waals surface area contributed by atoms with Gasteiger partial charge in [-0.1, -0.05) is 6.92 Å². The fourth-order valence-electron chi connectivity index (χ4n) is 2.82. The maximum Gasteiger partial charge on any atom is 0.306 e. The molecule has 0 aromatic carbocycles. The van der Waals surface area contributed by atoms with Crippen LogP contribution in [0.25, 0.3) is 0 Å². The summed E-state index contributed by atoms with van der Waals surface area (Å²) >= 11 is 1.64. The Morgan fingerprint density at radius 2 is 2.35 bits per heavy atom. The van der Waals surface area contributed by atoms with Gasteiger partial charge in [0.05, 0.1) is 16.6 Å². The Hall–Kier alpha value is -0.900. The van der Waals surface area contributed by atoms with E-state index >= 15 is 0 Å². The predicted molar refractivity (Wildman–Crippen MR) is 68.2 cm³/mol. The lowest BCUT2D eigenvalue weighted by atomic mass is 9.73. The van der Waals surface area contributed by atoms with Crippen molar-refractivity contribution in [1.82, 2.24) is 4.98 Å². The van der Waals surface area contributed by atoms with Crippen molar-refractivity contribution >= 4 is 17.3 Å². The summed E-state index contributed by atoms with van der Waals surface area (Å²) in [6.45, 7) is 4.21. The molecule has 17 heavy (non-hydrogen) atoms. The number of aryl methyl sites for hydroxylation is 1. The topological polar surface area (TPSA) is 50.2 Å². The molecular weight excluding hydrogens is 234 g/mol. The molecule has 1 saturated carbocycles. The molecule has 1 aliphatic rings. The van der Waals surface area contributed by atoms with Gasteiger partial charge >= 0.3 is 5.97 Å². The molecule has 2 rings (SSSR count). The summed E-state index contributed by atoms with van der Waals surface area (Å²) in [4.78, 5) is 15.7. The standard InChI is InChI=1S/C13H19NO2S/c1-8-3-4-12(13(15)16)10(5-8)6-11-7-17-9(2)14-11/h7-8,10,12H,3-6H2,1-2H3,(H,15,16). The van der Waals surface area contributed by atoms with Gasteiger partial charge in [0.2, 0.25) is 0 Å². The van der Waals surface area contributed by atoms with E-state index < -0.39 is 5.97 Å². The number of carboxylic acid groups (broad SMARTS) is 1. The second-order valence-corrected chi connectivity index (χ2v) is 6.25. The lowest BCUT2D eigenvalue weighted by Gasteiger charge is -2.32. The maximum atomic E-state index is 11.2. The molecule has 1 N–H and O–H groups in total. The highest BCUT2D eigenvalue weighted by Gasteiger charge is 2.33. The van der Waals surface area contributed by atoms with Crippen LogP contribution >= 0.6 is 11.3 Å². The molecule has 3 unspecified atom stereocenters. The third kappa shape index (κ3) is 3.06. The molecular formula is C13H19NO2S. The SMILES string of the molecule is Cc1nc(CC2CC(C)CCC2C(=O)O)cs1. The average molecular weight is 253 g/mol. The third-order valence-corrected chi connectivity index (χ3v) is 4.52. The number of hydrogen-bond donors (Lipinski definition) is 1. The zero-order chi connectivity index (χ0) is 12.4. The number of aromatic nitrogens is 1. The van der Waals surface area contributed by atoms with Crippen LogP contribution in [0.3, 0.4) is 0 Å². The quantitative estimate of drug-likeness (QED) is 0.900. The van der Waals surface area contributed by atoms with Crippen molar-refractivity contribution in [2.45, 2.75) is 39.5 Å². The minimum Gasteiger partial charge on any atom is -0.481 e. The molecule has 0 radical (unpaired) electrons. The number of hydrogen-bond acceptors (Lipinski definition) is 3. The molecule has 3 nitrogen and oxygen atoms in total. The van der Waals surface area contributed by atoms with Crippen molar-refractivity contribution in [2.75, 3.05) is 0 Å². The Balaban J connectivity index is 2.07. The Bertz CT molecular complexity index is 402. The van der Waals surface area contributed by atoms with Crippen LogP contribution in [-0.4, -0.2) is 16.1 Å². The van der Waals surface area contributed by atoms with Crippen LogP contribution in [0.5, 0.6) is 0 Å². The number of carbonyl (C=O) groups is 1. The Morgan fingerprint density at radius 3 is 2.94 bits per heavy atom. The zero-order valence-corrected chi connectivity index (χ0v) is 11.2. The lowest BCUT2D eigenvalue weighted by molar-refractivity contribution is -0.145. The fraction of sp³-hybridized carbons (Fsp3) is 0.692. The van der Waals surface area contributed by atoms with E-state index in [1.807, 2.05) is 6.92 Å². The summed E-state index contributed by atoms with van der Waals surface area (Å²) in [7, 11) is 0. The lowest BCUT2D eigenvalue weighted by Crippen LogP contribution is -2.31. The summed E-state index contributed by atoms with van der Waals surface area (Å²) in [5.41, 5.74) is 1.07. The molecule has 1 aliphatic carbocycles. The fourth-order valence-corrected chi connectivity index (χ4v) is 3.45. The highest BCUT2D eigenvalue weighted by molar-refractivity contribution is 7.09. The maximum absolute atomic E-state index is 11.2. The van der Waals surface area contributed by atoms with Crippen LogP contribution in [0.15, 0.2) is 5.38 Å². The van der Waals surface area contributed by atoms with E-state index in [4.69, 9.17) is 0 Å². The number of nitrogens with zero attached hydrogens (tertiary/aromatic N) is 1. The van der Waals surface area contributed by atoms with Crippen LogP contribution < -0.4 is 0 Å². The molecule has 1 fully saturated rings. The third-order valence-electron chi connectivity index (χ3n) is 3.70. The van der Waals surface area contributed by atoms with Gasteiger partial charge in [0.25, 0.3) is 0 Å². The van der Waals surface area contributed by atoms with E-state index in [-0.39, 0.29) is 11.8 Å². The van der Waals surface area contributed by atoms with Gasteiger partial charge in [-0.05, 0) is 44.4 Å². The first-order valence-corrected chi connectivity index (χ1v) is 7.08. The average Bonchev–Trinajstić information content (AvgIpc) is 2.63. The smallest absolute Gasteiger partial charge is 0.306 e. The number of thiazole rings is 1. The Labute approximate surface area is 106 Å². The first-order valence-electron chi connectivity index (χ1n) is 6.20. The van der Waals surface area contributed by atoms with Crippen LogP contribution in [0.4, 0.5) is 0 Å². The van der Waals surface area contributed by atoms with Crippen molar-refractivity contribution in [2.24, 2.45) is 17.8 Å². The first-order chi connectivity index (χ1) is 8.06. The van der Waals surface area contributed by atoms with Gasteiger partial charge in [0.15, 0.2) is 0 Å². The largest absolute Gasteiger partial charge is 0.481 e. The molecule has 4 heteroatoms. The predicted octanol–water partition coefficient (Wildman–Crippen LogP) is 3.13. The summed E-state index contributed by atoms with van der Waals surface area (Å²) in [5, 5.41) is 12.4. The minimum absolute atomic E-state index is 0.173. The van der Waals surface area contributed by atoms with Crippen molar-refractivity contribution in [3.63, 3.8) is 0 Å². The Morgan fingerprint density at radius 1 is 1.59 bits per heavy atom. The van der Waals surface area contributed by atoms with Crippen molar-refractivity contribution in [1.29, 1.82) is 0 Å². The van der Waals surface area contributed by atoms with Crippen molar-refractivity contribution < 1.29 is 9.90 Å². The van der Waals surface area contributed by atoms with E-state index in [0.717, 1.165) is 36.4 Å². The molecule has 0 bridgehead atoms. The van der Waals surface area contributed by atoms with Crippen LogP contribution in [0, 0.1) is 24.7 Å². The number of carboxylic acids is 1. The summed E-state index contributed by atoms with van der Waals surface area (Å²) in [6, 6.07) is 0. The van der Waals surface area contributed by atoms with E-state index in [1.54, 1.807) is 11.3 Å². The molecule has 0 aliphatic heterocycles. The molecule has 94 valence electrons. The summed E-state index contributed by atoms with van der Waals surface area (Å²) in [6.07, 6.45) is 3.72. The van der Waals surface area contributed by atoms with Gasteiger partial charge in [-0.3, -0.25) is 4.79 Å². The molecule has 0 spiro atoms. The van der Waals surface area contributed by atoms with Gasteiger partial charge in [-0.2, -0.15) is 0 Å². The Kier molecular flexibility index (Phi) is 3.82. The molecule has 1 aromatic rings. The molecule has 0 saturated heterocycles. The molecule has 0 amide bonds. The second kappa shape index (κ2) is 5.17.